The maximum absolute atomic E-state index is 13.0. The van der Waals surface area contributed by atoms with Gasteiger partial charge in [-0.1, -0.05) is 107 Å². The van der Waals surface area contributed by atoms with Gasteiger partial charge < -0.3 is 0 Å². The minimum absolute atomic E-state index is 0.304. The van der Waals surface area contributed by atoms with Crippen LogP contribution in [0.5, 0.6) is 0 Å². The molecule has 6 heteroatoms. The molecule has 0 aliphatic carbocycles. The fourth-order valence-electron chi connectivity index (χ4n) is 7.23. The van der Waals surface area contributed by atoms with Gasteiger partial charge in [0.05, 0.1) is 5.25 Å². The second-order valence-electron chi connectivity index (χ2n) is 11.9. The van der Waals surface area contributed by atoms with Crippen LogP contribution in [0.4, 0.5) is 0 Å². The first-order chi connectivity index (χ1) is 18.3. The zero-order valence-electron chi connectivity index (χ0n) is 22.4. The molecule has 1 unspecified atom stereocenters. The molecule has 3 heterocycles. The maximum Gasteiger partial charge on any atom is 0.156 e. The monoisotopic (exact) mass is 566 g/mol. The molecular formula is C32H34O2SSi3. The normalized spacial score (nSPS) is 24.7. The lowest BCUT2D eigenvalue weighted by Crippen LogP contribution is -2.46. The van der Waals surface area contributed by atoms with E-state index < -0.39 is 36.2 Å². The van der Waals surface area contributed by atoms with Gasteiger partial charge in [0.1, 0.15) is 17.6 Å². The quantitative estimate of drug-likeness (QED) is 0.348. The summed E-state index contributed by atoms with van der Waals surface area (Å²) >= 11 is 0. The summed E-state index contributed by atoms with van der Waals surface area (Å²) in [5.74, 6) is 0.373. The Bertz CT molecular complexity index is 1710. The molecule has 0 aromatic heterocycles. The predicted octanol–water partition coefficient (Wildman–Crippen LogP) is 3.51. The molecule has 0 N–H and O–H groups in total. The first kappa shape index (κ1) is 24.5. The molecule has 0 radical (unpaired) electrons. The van der Waals surface area contributed by atoms with Gasteiger partial charge in [-0.25, -0.2) is 8.42 Å². The van der Waals surface area contributed by atoms with E-state index >= 15 is 0 Å². The third-order valence-electron chi connectivity index (χ3n) is 9.52. The van der Waals surface area contributed by atoms with Crippen LogP contribution in [0.25, 0.3) is 22.3 Å². The molecule has 192 valence electrons. The van der Waals surface area contributed by atoms with E-state index in [2.05, 4.69) is 98.5 Å². The summed E-state index contributed by atoms with van der Waals surface area (Å²) in [4.78, 5) is 0. The van der Waals surface area contributed by atoms with Gasteiger partial charge in [0, 0.05) is 14.5 Å². The summed E-state index contributed by atoms with van der Waals surface area (Å²) < 4.78 is 26.1. The van der Waals surface area contributed by atoms with Crippen LogP contribution in [0.2, 0.25) is 31.7 Å². The van der Waals surface area contributed by atoms with Crippen molar-refractivity contribution in [2.75, 3.05) is 5.75 Å². The first-order valence-corrected chi connectivity index (χ1v) is 23.1. The van der Waals surface area contributed by atoms with E-state index in [9.17, 15) is 8.42 Å². The van der Waals surface area contributed by atoms with Crippen LogP contribution in [0.1, 0.15) is 21.9 Å². The number of hydrogen-bond acceptors (Lipinski definition) is 2. The minimum Gasteiger partial charge on any atom is -0.228 e. The average molecular weight is 567 g/mol. The van der Waals surface area contributed by atoms with Gasteiger partial charge >= 0.3 is 0 Å². The van der Waals surface area contributed by atoms with Crippen molar-refractivity contribution in [1.29, 1.82) is 0 Å². The first-order valence-electron chi connectivity index (χ1n) is 14.0. The van der Waals surface area contributed by atoms with E-state index in [0.717, 1.165) is 24.1 Å². The van der Waals surface area contributed by atoms with Crippen molar-refractivity contribution in [3.05, 3.63) is 95.6 Å². The molecule has 4 aromatic rings. The summed E-state index contributed by atoms with van der Waals surface area (Å²) in [5, 5.41) is 5.82. The van der Waals surface area contributed by atoms with Crippen LogP contribution in [0.3, 0.4) is 0 Å². The largest absolute Gasteiger partial charge is 0.228 e. The van der Waals surface area contributed by atoms with Crippen molar-refractivity contribution in [2.24, 2.45) is 0 Å². The highest BCUT2D eigenvalue weighted by atomic mass is 32.2. The molecule has 38 heavy (non-hydrogen) atoms. The Labute approximate surface area is 231 Å². The van der Waals surface area contributed by atoms with Gasteiger partial charge in [-0.2, -0.15) is 0 Å². The summed E-state index contributed by atoms with van der Waals surface area (Å²) in [6, 6.07) is 31.7. The lowest BCUT2D eigenvalue weighted by atomic mass is 9.95. The van der Waals surface area contributed by atoms with E-state index in [1.165, 1.54) is 43.8 Å². The van der Waals surface area contributed by atoms with Crippen LogP contribution in [-0.2, 0) is 16.3 Å². The smallest absolute Gasteiger partial charge is 0.156 e. The Kier molecular flexibility index (Phi) is 5.82. The number of hydrogen-bond donors (Lipinski definition) is 0. The van der Waals surface area contributed by atoms with E-state index in [1.807, 2.05) is 0 Å². The van der Waals surface area contributed by atoms with Gasteiger partial charge in [0.25, 0.3) is 0 Å². The molecule has 3 aliphatic heterocycles. The molecule has 1 saturated heterocycles. The fourth-order valence-corrected chi connectivity index (χ4v) is 19.5. The van der Waals surface area contributed by atoms with Crippen molar-refractivity contribution in [1.82, 2.24) is 0 Å². The number of benzene rings is 4. The second kappa shape index (κ2) is 9.01. The Hall–Kier alpha value is -2.52. The van der Waals surface area contributed by atoms with Crippen LogP contribution >= 0.6 is 0 Å². The second-order valence-corrected chi connectivity index (χ2v) is 22.8. The van der Waals surface area contributed by atoms with E-state index in [4.69, 9.17) is 0 Å². The third kappa shape index (κ3) is 3.87. The highest BCUT2D eigenvalue weighted by Crippen LogP contribution is 2.37. The Morgan fingerprint density at radius 2 is 1.32 bits per heavy atom. The number of rotatable bonds is 2. The molecule has 0 spiro atoms. The zero-order chi connectivity index (χ0) is 26.2. The molecule has 0 bridgehead atoms. The number of fused-ring (bicyclic) bond motifs is 5. The molecule has 4 aromatic carbocycles. The Balaban J connectivity index is 1.28. The van der Waals surface area contributed by atoms with Crippen molar-refractivity contribution >= 4 is 57.0 Å². The molecular weight excluding hydrogens is 533 g/mol. The van der Waals surface area contributed by atoms with Gasteiger partial charge in [-0.3, -0.25) is 0 Å². The molecule has 7 rings (SSSR count). The van der Waals surface area contributed by atoms with Gasteiger partial charge in [-0.05, 0) is 69.6 Å². The fraction of sp³-hybridized carbons (Fsp3) is 0.250. The average Bonchev–Trinajstić information content (AvgIpc) is 3.20. The van der Waals surface area contributed by atoms with Crippen LogP contribution in [0, 0.1) is 0 Å². The summed E-state index contributed by atoms with van der Waals surface area (Å²) in [6.45, 7) is 7.20. The lowest BCUT2D eigenvalue weighted by molar-refractivity contribution is 0.584. The van der Waals surface area contributed by atoms with Crippen LogP contribution in [0.15, 0.2) is 78.9 Å². The van der Waals surface area contributed by atoms with Crippen molar-refractivity contribution < 1.29 is 8.42 Å². The predicted molar refractivity (Wildman–Crippen MR) is 170 cm³/mol. The minimum atomic E-state index is -3.05. The van der Waals surface area contributed by atoms with Crippen molar-refractivity contribution in [3.63, 3.8) is 0 Å². The highest BCUT2D eigenvalue weighted by molar-refractivity contribution is 7.92. The van der Waals surface area contributed by atoms with E-state index in [0.29, 0.717) is 5.75 Å². The van der Waals surface area contributed by atoms with Crippen LogP contribution < -0.4 is 20.7 Å². The number of sulfone groups is 1. The van der Waals surface area contributed by atoms with Gasteiger partial charge in [0.15, 0.2) is 9.84 Å². The molecule has 0 amide bonds. The highest BCUT2D eigenvalue weighted by Gasteiger charge is 2.35. The van der Waals surface area contributed by atoms with Crippen LogP contribution in [-0.4, -0.2) is 40.6 Å². The van der Waals surface area contributed by atoms with Gasteiger partial charge in [-0.15, -0.1) is 0 Å². The standard InChI is InChI=1S/C32H34O2SSi3/c1-36-15-14-35(33,34)28(20-36)23-10-13-32-27(19-23)26-18-22(9-12-31(26)38(32)3)21-8-11-30-25(16-21)17-24-6-4-5-7-29(24)37(30)2/h4-13,16,18-19,28,36-38H,14-15,17,20H2,1-3H3/t28?,36-,37+,38+/m0/s1. The van der Waals surface area contributed by atoms with E-state index in [1.54, 1.807) is 10.4 Å². The Morgan fingerprint density at radius 3 is 2.13 bits per heavy atom. The van der Waals surface area contributed by atoms with Crippen molar-refractivity contribution in [2.45, 2.75) is 43.4 Å². The lowest BCUT2D eigenvalue weighted by Gasteiger charge is -2.27. The topological polar surface area (TPSA) is 34.1 Å². The van der Waals surface area contributed by atoms with Gasteiger partial charge in [0.2, 0.25) is 0 Å². The molecule has 4 atom stereocenters. The van der Waals surface area contributed by atoms with E-state index in [-0.39, 0.29) is 5.25 Å². The summed E-state index contributed by atoms with van der Waals surface area (Å²) in [7, 11) is -6.43. The summed E-state index contributed by atoms with van der Waals surface area (Å²) in [6.07, 6.45) is 1.02. The zero-order valence-corrected chi connectivity index (χ0v) is 26.6. The molecule has 3 aliphatic rings. The molecule has 1 fully saturated rings. The summed E-state index contributed by atoms with van der Waals surface area (Å²) in [5.41, 5.74) is 9.21. The molecule has 0 saturated carbocycles. The molecule has 2 nitrogen and oxygen atoms in total. The third-order valence-corrected chi connectivity index (χ3v) is 20.8. The SMILES string of the molecule is C[Si@H]1CCS(=O)(=O)C(c2ccc3c(c2)-c2cc(-c4ccc5c(c4)Cc4ccccc4[Si@H]5C)ccc2[Si@H]3C)C1. The Morgan fingerprint density at radius 1 is 0.684 bits per heavy atom. The maximum atomic E-state index is 13.0. The van der Waals surface area contributed by atoms with Crippen molar-refractivity contribution in [3.8, 4) is 22.3 Å².